The van der Waals surface area contributed by atoms with Gasteiger partial charge in [-0.25, -0.2) is 13.2 Å². The van der Waals surface area contributed by atoms with Crippen molar-refractivity contribution in [3.8, 4) is 22.5 Å². The number of hydrogen-bond acceptors (Lipinski definition) is 3. The molecule has 0 N–H and O–H groups in total. The van der Waals surface area contributed by atoms with Crippen LogP contribution in [0.3, 0.4) is 0 Å². The smallest absolute Gasteiger partial charge is 0.225 e. The van der Waals surface area contributed by atoms with Gasteiger partial charge in [0.15, 0.2) is 5.82 Å². The monoisotopic (exact) mass is 426 g/mol. The Hall–Kier alpha value is -3.16. The number of nitrogens with zero attached hydrogens (tertiary/aromatic N) is 4. The second-order valence-corrected chi connectivity index (χ2v) is 8.34. The lowest BCUT2D eigenvalue weighted by molar-refractivity contribution is -0.131. The lowest BCUT2D eigenvalue weighted by atomic mass is 10.0. The Morgan fingerprint density at radius 3 is 2.52 bits per heavy atom. The molecule has 1 aliphatic heterocycles. The summed E-state index contributed by atoms with van der Waals surface area (Å²) in [5, 5.41) is 8.02. The molecular formula is C23H21F3N4O. The highest BCUT2D eigenvalue weighted by molar-refractivity contribution is 5.81. The second-order valence-electron chi connectivity index (χ2n) is 8.34. The highest BCUT2D eigenvalue weighted by Crippen LogP contribution is 2.34. The van der Waals surface area contributed by atoms with E-state index in [-0.39, 0.29) is 28.9 Å². The molecule has 2 aromatic carbocycles. The van der Waals surface area contributed by atoms with Gasteiger partial charge in [-0.15, -0.1) is 10.2 Å². The lowest BCUT2D eigenvalue weighted by Gasteiger charge is -2.17. The maximum atomic E-state index is 14.9. The summed E-state index contributed by atoms with van der Waals surface area (Å²) >= 11 is 0. The van der Waals surface area contributed by atoms with Gasteiger partial charge < -0.3 is 9.47 Å². The first kappa shape index (κ1) is 19.8. The predicted molar refractivity (Wildman–Crippen MR) is 108 cm³/mol. The van der Waals surface area contributed by atoms with Crippen molar-refractivity contribution in [3.63, 3.8) is 0 Å². The number of carbonyl (C=O) groups is 1. The van der Waals surface area contributed by atoms with E-state index in [1.165, 1.54) is 18.2 Å². The molecule has 8 heteroatoms. The predicted octanol–water partition coefficient (Wildman–Crippen LogP) is 4.29. The first-order chi connectivity index (χ1) is 15.0. The number of rotatable bonds is 5. The number of halogens is 3. The SMILES string of the molecule is O=C(C1CC1)N1CCC(Cn2cnnc2-c2ccc(-c3ccc(F)cc3F)cc2F)C1. The van der Waals surface area contributed by atoms with Crippen LogP contribution >= 0.6 is 0 Å². The zero-order valence-electron chi connectivity index (χ0n) is 16.8. The highest BCUT2D eigenvalue weighted by Gasteiger charge is 2.36. The van der Waals surface area contributed by atoms with Gasteiger partial charge in [-0.1, -0.05) is 6.07 Å². The summed E-state index contributed by atoms with van der Waals surface area (Å²) in [5.74, 6) is -0.891. The Morgan fingerprint density at radius 2 is 1.77 bits per heavy atom. The molecule has 2 aliphatic rings. The van der Waals surface area contributed by atoms with Crippen LogP contribution in [-0.2, 0) is 11.3 Å². The average Bonchev–Trinajstić information content (AvgIpc) is 3.32. The summed E-state index contributed by atoms with van der Waals surface area (Å²) < 4.78 is 44.0. The molecule has 3 aromatic rings. The molecule has 1 atom stereocenters. The van der Waals surface area contributed by atoms with Crippen LogP contribution in [-0.4, -0.2) is 38.7 Å². The molecule has 2 fully saturated rings. The van der Waals surface area contributed by atoms with Crippen molar-refractivity contribution in [1.29, 1.82) is 0 Å². The molecule has 5 nitrogen and oxygen atoms in total. The molecule has 0 spiro atoms. The van der Waals surface area contributed by atoms with Crippen LogP contribution in [0.25, 0.3) is 22.5 Å². The topological polar surface area (TPSA) is 51.0 Å². The van der Waals surface area contributed by atoms with Crippen molar-refractivity contribution in [2.24, 2.45) is 11.8 Å². The summed E-state index contributed by atoms with van der Waals surface area (Å²) in [6, 6.07) is 7.54. The van der Waals surface area contributed by atoms with Crippen LogP contribution < -0.4 is 0 Å². The first-order valence-electron chi connectivity index (χ1n) is 10.4. The molecule has 160 valence electrons. The number of amides is 1. The van der Waals surface area contributed by atoms with Gasteiger partial charge in [-0.3, -0.25) is 4.79 Å². The van der Waals surface area contributed by atoms with E-state index < -0.39 is 17.5 Å². The zero-order chi connectivity index (χ0) is 21.5. The quantitative estimate of drug-likeness (QED) is 0.612. The standard InChI is InChI=1S/C23H21F3N4O/c24-17-4-6-18(21(26)10-17)16-3-5-19(20(25)9-16)22-28-27-13-30(22)12-14-7-8-29(11-14)23(31)15-1-2-15/h3-6,9-10,13-15H,1-2,7-8,11-12H2. The summed E-state index contributed by atoms with van der Waals surface area (Å²) in [6.45, 7) is 2.03. The first-order valence-corrected chi connectivity index (χ1v) is 10.4. The van der Waals surface area contributed by atoms with Crippen LogP contribution in [0.5, 0.6) is 0 Å². The number of aromatic nitrogens is 3. The van der Waals surface area contributed by atoms with E-state index in [0.717, 1.165) is 37.9 Å². The molecule has 2 heterocycles. The van der Waals surface area contributed by atoms with Gasteiger partial charge in [0.1, 0.15) is 23.8 Å². The molecule has 0 radical (unpaired) electrons. The van der Waals surface area contributed by atoms with E-state index >= 15 is 0 Å². The fourth-order valence-corrected chi connectivity index (χ4v) is 4.23. The maximum absolute atomic E-state index is 14.9. The molecule has 1 saturated heterocycles. The minimum absolute atomic E-state index is 0.125. The van der Waals surface area contributed by atoms with Crippen LogP contribution in [0.2, 0.25) is 0 Å². The van der Waals surface area contributed by atoms with Crippen LogP contribution in [0.1, 0.15) is 19.3 Å². The summed E-state index contributed by atoms with van der Waals surface area (Å²) in [5.41, 5.74) is 0.696. The van der Waals surface area contributed by atoms with Crippen molar-refractivity contribution in [2.45, 2.75) is 25.8 Å². The van der Waals surface area contributed by atoms with Crippen LogP contribution in [0, 0.1) is 29.3 Å². The van der Waals surface area contributed by atoms with Gasteiger partial charge in [-0.05, 0) is 55.0 Å². The minimum Gasteiger partial charge on any atom is -0.342 e. The van der Waals surface area contributed by atoms with E-state index in [9.17, 15) is 18.0 Å². The van der Waals surface area contributed by atoms with Gasteiger partial charge in [0.2, 0.25) is 5.91 Å². The minimum atomic E-state index is -0.748. The van der Waals surface area contributed by atoms with E-state index in [1.807, 2.05) is 4.90 Å². The normalized spacial score (nSPS) is 18.5. The van der Waals surface area contributed by atoms with Crippen molar-refractivity contribution in [2.75, 3.05) is 13.1 Å². The summed E-state index contributed by atoms with van der Waals surface area (Å²) in [6.07, 6.45) is 4.44. The molecule has 1 saturated carbocycles. The molecule has 0 bridgehead atoms. The molecule has 31 heavy (non-hydrogen) atoms. The zero-order valence-corrected chi connectivity index (χ0v) is 16.8. The molecule has 1 aliphatic carbocycles. The van der Waals surface area contributed by atoms with Gasteiger partial charge in [0, 0.05) is 37.2 Å². The van der Waals surface area contributed by atoms with Gasteiger partial charge >= 0.3 is 0 Å². The van der Waals surface area contributed by atoms with Gasteiger partial charge in [0.25, 0.3) is 0 Å². The maximum Gasteiger partial charge on any atom is 0.225 e. The van der Waals surface area contributed by atoms with Gasteiger partial charge in [0.05, 0.1) is 5.56 Å². The van der Waals surface area contributed by atoms with E-state index in [4.69, 9.17) is 0 Å². The third kappa shape index (κ3) is 3.94. The number of carbonyl (C=O) groups excluding carboxylic acids is 1. The Balaban J connectivity index is 1.35. The highest BCUT2D eigenvalue weighted by atomic mass is 19.1. The third-order valence-electron chi connectivity index (χ3n) is 6.05. The Labute approximate surface area is 177 Å². The summed E-state index contributed by atoms with van der Waals surface area (Å²) in [4.78, 5) is 14.2. The average molecular weight is 426 g/mol. The lowest BCUT2D eigenvalue weighted by Crippen LogP contribution is -2.30. The summed E-state index contributed by atoms with van der Waals surface area (Å²) in [7, 11) is 0. The number of benzene rings is 2. The Kier molecular flexibility index (Phi) is 5.00. The molecule has 1 unspecified atom stereocenters. The molecule has 1 aromatic heterocycles. The Morgan fingerprint density at radius 1 is 1.00 bits per heavy atom. The largest absolute Gasteiger partial charge is 0.342 e. The van der Waals surface area contributed by atoms with Crippen LogP contribution in [0.15, 0.2) is 42.7 Å². The van der Waals surface area contributed by atoms with Gasteiger partial charge in [-0.2, -0.15) is 0 Å². The fourth-order valence-electron chi connectivity index (χ4n) is 4.23. The van der Waals surface area contributed by atoms with E-state index in [0.29, 0.717) is 24.5 Å². The molecule has 1 amide bonds. The van der Waals surface area contributed by atoms with Crippen molar-refractivity contribution < 1.29 is 18.0 Å². The number of likely N-dealkylation sites (tertiary alicyclic amines) is 1. The van der Waals surface area contributed by atoms with Crippen molar-refractivity contribution in [3.05, 3.63) is 60.2 Å². The molecule has 5 rings (SSSR count). The van der Waals surface area contributed by atoms with Crippen molar-refractivity contribution >= 4 is 5.91 Å². The van der Waals surface area contributed by atoms with E-state index in [1.54, 1.807) is 17.0 Å². The third-order valence-corrected chi connectivity index (χ3v) is 6.05. The van der Waals surface area contributed by atoms with Crippen molar-refractivity contribution in [1.82, 2.24) is 19.7 Å². The Bertz CT molecular complexity index is 1140. The van der Waals surface area contributed by atoms with Crippen LogP contribution in [0.4, 0.5) is 13.2 Å². The van der Waals surface area contributed by atoms with E-state index in [2.05, 4.69) is 10.2 Å². The molecular weight excluding hydrogens is 405 g/mol. The second kappa shape index (κ2) is 7.83. The number of hydrogen-bond donors (Lipinski definition) is 0. The fraction of sp³-hybridized carbons (Fsp3) is 0.348.